The van der Waals surface area contributed by atoms with Crippen LogP contribution in [0.4, 0.5) is 0 Å². The highest BCUT2D eigenvalue weighted by Gasteiger charge is 2.26. The van der Waals surface area contributed by atoms with Gasteiger partial charge in [-0.1, -0.05) is 187 Å². The Kier molecular flexibility index (Phi) is 37.8. The molecule has 0 aliphatic rings. The van der Waals surface area contributed by atoms with Gasteiger partial charge < -0.3 is 24.6 Å². The summed E-state index contributed by atoms with van der Waals surface area (Å²) in [5, 5.41) is 18.3. The van der Waals surface area contributed by atoms with E-state index in [1.807, 2.05) is 0 Å². The first-order valence-electron chi connectivity index (χ1n) is 21.0. The van der Waals surface area contributed by atoms with Crippen LogP contribution in [0.1, 0.15) is 206 Å². The zero-order chi connectivity index (χ0) is 36.8. The third-order valence-electron chi connectivity index (χ3n) is 9.29. The topological polar surface area (TPSA) is 132 Å². The van der Waals surface area contributed by atoms with Gasteiger partial charge in [-0.25, -0.2) is 4.57 Å². The number of phosphoric ester groups is 1. The summed E-state index contributed by atoms with van der Waals surface area (Å²) in [7, 11) is -4.50. The van der Waals surface area contributed by atoms with Crippen molar-refractivity contribution < 1.29 is 43.0 Å². The number of phosphoric acid groups is 1. The monoisotopic (exact) mass is 737 g/mol. The van der Waals surface area contributed by atoms with Crippen molar-refractivity contribution in [2.75, 3.05) is 33.0 Å². The lowest BCUT2D eigenvalue weighted by Crippen LogP contribution is -2.29. The molecule has 0 fully saturated rings. The molecule has 0 aliphatic carbocycles. The van der Waals surface area contributed by atoms with Gasteiger partial charge in [-0.3, -0.25) is 13.8 Å². The fourth-order valence-corrected chi connectivity index (χ4v) is 6.85. The molecule has 0 radical (unpaired) electrons. The average Bonchev–Trinajstić information content (AvgIpc) is 3.10. The molecule has 0 aromatic carbocycles. The SMILES string of the molecule is CCCCCCCCCCCCCCCCCCC(=O)OC(COCCCCCCCCCCCCCCC)COP(=O)(O)OCC(O)CO. The Morgan fingerprint density at radius 1 is 0.540 bits per heavy atom. The van der Waals surface area contributed by atoms with E-state index in [9.17, 15) is 19.4 Å². The lowest BCUT2D eigenvalue weighted by atomic mass is 10.0. The van der Waals surface area contributed by atoms with Crippen molar-refractivity contribution in [3.63, 3.8) is 0 Å². The van der Waals surface area contributed by atoms with Crippen molar-refractivity contribution in [2.45, 2.75) is 219 Å². The molecule has 0 saturated carbocycles. The Labute approximate surface area is 308 Å². The molecule has 0 heterocycles. The number of aliphatic hydroxyl groups excluding tert-OH is 2. The molecule has 0 aliphatic heterocycles. The maximum Gasteiger partial charge on any atom is 0.472 e. The molecule has 0 aromatic heterocycles. The van der Waals surface area contributed by atoms with Gasteiger partial charge in [0, 0.05) is 13.0 Å². The van der Waals surface area contributed by atoms with Gasteiger partial charge in [0.1, 0.15) is 12.2 Å². The predicted octanol–water partition coefficient (Wildman–Crippen LogP) is 11.1. The van der Waals surface area contributed by atoms with E-state index in [1.165, 1.54) is 154 Å². The third kappa shape index (κ3) is 37.2. The third-order valence-corrected chi connectivity index (χ3v) is 10.2. The minimum Gasteiger partial charge on any atom is -0.457 e. The molecule has 0 amide bonds. The van der Waals surface area contributed by atoms with Gasteiger partial charge in [-0.2, -0.15) is 0 Å². The van der Waals surface area contributed by atoms with Gasteiger partial charge in [0.05, 0.1) is 26.4 Å². The highest BCUT2D eigenvalue weighted by Crippen LogP contribution is 2.43. The standard InChI is InChI=1S/C40H81O9P/c1-3-5-7-9-11-13-15-17-18-19-20-22-24-26-28-30-32-40(43)49-39(37-48-50(44,45)47-35-38(42)34-41)36-46-33-31-29-27-25-23-21-16-14-12-10-8-6-4-2/h38-39,41-42H,3-37H2,1-2H3,(H,44,45). The second-order valence-corrected chi connectivity index (χ2v) is 15.8. The molecule has 0 saturated heterocycles. The number of hydrogen-bond acceptors (Lipinski definition) is 8. The zero-order valence-corrected chi connectivity index (χ0v) is 33.5. The van der Waals surface area contributed by atoms with Gasteiger partial charge in [0.15, 0.2) is 0 Å². The van der Waals surface area contributed by atoms with E-state index in [1.54, 1.807) is 0 Å². The van der Waals surface area contributed by atoms with Crippen LogP contribution in [0.5, 0.6) is 0 Å². The van der Waals surface area contributed by atoms with E-state index < -0.39 is 33.2 Å². The molecular formula is C40H81O9P. The molecule has 3 atom stereocenters. The Bertz CT molecular complexity index is 754. The summed E-state index contributed by atoms with van der Waals surface area (Å²) in [6, 6.07) is 0. The van der Waals surface area contributed by atoms with Crippen LogP contribution in [0.3, 0.4) is 0 Å². The van der Waals surface area contributed by atoms with Crippen LogP contribution >= 0.6 is 7.82 Å². The fraction of sp³-hybridized carbons (Fsp3) is 0.975. The second-order valence-electron chi connectivity index (χ2n) is 14.4. The van der Waals surface area contributed by atoms with E-state index in [4.69, 9.17) is 23.6 Å². The molecule has 0 aromatic rings. The molecule has 0 bridgehead atoms. The maximum atomic E-state index is 12.6. The number of hydrogen-bond donors (Lipinski definition) is 3. The first-order valence-corrected chi connectivity index (χ1v) is 22.5. The lowest BCUT2D eigenvalue weighted by Gasteiger charge is -2.20. The molecular weight excluding hydrogens is 655 g/mol. The first kappa shape index (κ1) is 49.5. The molecule has 3 unspecified atom stereocenters. The maximum absolute atomic E-state index is 12.6. The molecule has 0 spiro atoms. The van der Waals surface area contributed by atoms with Crippen LogP contribution in [-0.4, -0.2) is 66.3 Å². The van der Waals surface area contributed by atoms with Crippen molar-refractivity contribution in [1.82, 2.24) is 0 Å². The largest absolute Gasteiger partial charge is 0.472 e. The summed E-state index contributed by atoms with van der Waals surface area (Å²) in [5.41, 5.74) is 0. The zero-order valence-electron chi connectivity index (χ0n) is 32.6. The number of carbonyl (C=O) groups excluding carboxylic acids is 1. The Morgan fingerprint density at radius 2 is 0.900 bits per heavy atom. The highest BCUT2D eigenvalue weighted by molar-refractivity contribution is 7.47. The van der Waals surface area contributed by atoms with E-state index >= 15 is 0 Å². The molecule has 300 valence electrons. The van der Waals surface area contributed by atoms with Crippen LogP contribution in [0.25, 0.3) is 0 Å². The summed E-state index contributed by atoms with van der Waals surface area (Å²) in [6.45, 7) is 3.56. The summed E-state index contributed by atoms with van der Waals surface area (Å²) in [5.74, 6) is -0.377. The Morgan fingerprint density at radius 3 is 1.30 bits per heavy atom. The molecule has 3 N–H and O–H groups in total. The van der Waals surface area contributed by atoms with Crippen molar-refractivity contribution in [2.24, 2.45) is 0 Å². The molecule has 50 heavy (non-hydrogen) atoms. The minimum absolute atomic E-state index is 0.0578. The van der Waals surface area contributed by atoms with Crippen molar-refractivity contribution in [3.8, 4) is 0 Å². The number of esters is 1. The van der Waals surface area contributed by atoms with Gasteiger partial charge >= 0.3 is 13.8 Å². The Hall–Kier alpha value is -0.540. The first-order chi connectivity index (χ1) is 24.3. The quantitative estimate of drug-likeness (QED) is 0.0319. The predicted molar refractivity (Wildman–Crippen MR) is 205 cm³/mol. The highest BCUT2D eigenvalue weighted by atomic mass is 31.2. The summed E-state index contributed by atoms with van der Waals surface area (Å²) in [4.78, 5) is 22.5. The van der Waals surface area contributed by atoms with Crippen molar-refractivity contribution in [1.29, 1.82) is 0 Å². The lowest BCUT2D eigenvalue weighted by molar-refractivity contribution is -0.154. The van der Waals surface area contributed by atoms with Gasteiger partial charge in [-0.05, 0) is 12.8 Å². The van der Waals surface area contributed by atoms with Crippen LogP contribution < -0.4 is 0 Å². The number of rotatable bonds is 41. The molecule has 10 heteroatoms. The smallest absolute Gasteiger partial charge is 0.457 e. The summed E-state index contributed by atoms with van der Waals surface area (Å²) < 4.78 is 33.3. The number of unbranched alkanes of at least 4 members (excludes halogenated alkanes) is 27. The number of ether oxygens (including phenoxy) is 2. The van der Waals surface area contributed by atoms with Gasteiger partial charge in [0.2, 0.25) is 0 Å². The van der Waals surface area contributed by atoms with E-state index in [0.29, 0.717) is 6.61 Å². The fourth-order valence-electron chi connectivity index (χ4n) is 6.06. The average molecular weight is 737 g/mol. The van der Waals surface area contributed by atoms with Crippen molar-refractivity contribution >= 4 is 13.8 Å². The second kappa shape index (κ2) is 38.2. The molecule has 0 rings (SSSR count). The van der Waals surface area contributed by atoms with Crippen LogP contribution in [0, 0.1) is 0 Å². The van der Waals surface area contributed by atoms with E-state index in [-0.39, 0.29) is 25.6 Å². The minimum atomic E-state index is -4.50. The number of carbonyl (C=O) groups is 1. The van der Waals surface area contributed by atoms with E-state index in [2.05, 4.69) is 13.8 Å². The van der Waals surface area contributed by atoms with Gasteiger partial charge in [0.25, 0.3) is 0 Å². The van der Waals surface area contributed by atoms with Crippen LogP contribution in [0.15, 0.2) is 0 Å². The van der Waals surface area contributed by atoms with Crippen LogP contribution in [0.2, 0.25) is 0 Å². The van der Waals surface area contributed by atoms with E-state index in [0.717, 1.165) is 32.1 Å². The van der Waals surface area contributed by atoms with Crippen LogP contribution in [-0.2, 0) is 27.9 Å². The Balaban J connectivity index is 4.14. The normalized spacial score (nSPS) is 14.1. The summed E-state index contributed by atoms with van der Waals surface area (Å²) >= 11 is 0. The van der Waals surface area contributed by atoms with Crippen molar-refractivity contribution in [3.05, 3.63) is 0 Å². The number of aliphatic hydroxyl groups is 2. The summed E-state index contributed by atoms with van der Waals surface area (Å²) in [6.07, 6.45) is 34.8. The van der Waals surface area contributed by atoms with Gasteiger partial charge in [-0.15, -0.1) is 0 Å². The molecule has 9 nitrogen and oxygen atoms in total.